The lowest BCUT2D eigenvalue weighted by atomic mass is 10.2. The van der Waals surface area contributed by atoms with Crippen LogP contribution in [-0.4, -0.2) is 16.1 Å². The van der Waals surface area contributed by atoms with Crippen LogP contribution >= 0.6 is 50.6 Å². The van der Waals surface area contributed by atoms with E-state index in [4.69, 9.17) is 16.7 Å². The molecule has 1 N–H and O–H groups in total. The fourth-order valence-corrected chi connectivity index (χ4v) is 4.26. The molecule has 1 aromatic heterocycles. The van der Waals surface area contributed by atoms with Gasteiger partial charge in [0, 0.05) is 15.2 Å². The zero-order valence-electron chi connectivity index (χ0n) is 9.81. The highest BCUT2D eigenvalue weighted by molar-refractivity contribution is 9.10. The molecule has 0 amide bonds. The maximum Gasteiger partial charge on any atom is 0.347 e. The number of hydrogen-bond donors (Lipinski definition) is 1. The Bertz CT molecular complexity index is 630. The molecule has 7 heteroatoms. The maximum absolute atomic E-state index is 10.9. The second-order valence-electron chi connectivity index (χ2n) is 3.72. The van der Waals surface area contributed by atoms with E-state index in [1.54, 1.807) is 6.92 Å². The largest absolute Gasteiger partial charge is 0.477 e. The predicted octanol–water partition coefficient (Wildman–Crippen LogP) is 4.86. The Hall–Kier alpha value is -0.560. The molecule has 0 bridgehead atoms. The second kappa shape index (κ2) is 6.26. The van der Waals surface area contributed by atoms with Gasteiger partial charge in [-0.1, -0.05) is 45.4 Å². The number of thiazole rings is 1. The van der Waals surface area contributed by atoms with E-state index in [0.717, 1.165) is 14.4 Å². The molecule has 1 heterocycles. The Labute approximate surface area is 132 Å². The van der Waals surface area contributed by atoms with Crippen molar-refractivity contribution < 1.29 is 9.90 Å². The van der Waals surface area contributed by atoms with Crippen LogP contribution in [0, 0.1) is 6.92 Å². The normalized spacial score (nSPS) is 10.7. The average Bonchev–Trinajstić information content (AvgIpc) is 2.69. The van der Waals surface area contributed by atoms with Crippen molar-refractivity contribution in [3.8, 4) is 0 Å². The highest BCUT2D eigenvalue weighted by Gasteiger charge is 2.14. The molecule has 3 nitrogen and oxygen atoms in total. The van der Waals surface area contributed by atoms with Crippen molar-refractivity contribution >= 4 is 56.6 Å². The summed E-state index contributed by atoms with van der Waals surface area (Å²) in [6.07, 6.45) is 0. The maximum atomic E-state index is 10.9. The molecule has 1 aromatic carbocycles. The summed E-state index contributed by atoms with van der Waals surface area (Å²) in [5, 5.41) is 9.66. The number of aromatic nitrogens is 1. The van der Waals surface area contributed by atoms with E-state index >= 15 is 0 Å². The molecule has 0 fully saturated rings. The van der Waals surface area contributed by atoms with Gasteiger partial charge in [0.2, 0.25) is 0 Å². The lowest BCUT2D eigenvalue weighted by Crippen LogP contribution is -1.94. The first-order valence-corrected chi connectivity index (χ1v) is 8.22. The number of carbonyl (C=O) groups is 1. The van der Waals surface area contributed by atoms with Gasteiger partial charge < -0.3 is 5.11 Å². The standard InChI is InChI=1S/C12H9BrClNO2S2/c1-6-10(11(16)17)19-12(15-6)18-5-7-2-3-8(13)4-9(7)14/h2-4H,5H2,1H3,(H,16,17). The molecule has 0 radical (unpaired) electrons. The van der Waals surface area contributed by atoms with Gasteiger partial charge in [-0.25, -0.2) is 9.78 Å². The van der Waals surface area contributed by atoms with Crippen LogP contribution in [-0.2, 0) is 5.75 Å². The number of nitrogens with zero attached hydrogens (tertiary/aromatic N) is 1. The highest BCUT2D eigenvalue weighted by Crippen LogP contribution is 2.32. The quantitative estimate of drug-likeness (QED) is 0.772. The molecule has 0 aliphatic heterocycles. The van der Waals surface area contributed by atoms with Gasteiger partial charge in [0.05, 0.1) is 5.69 Å². The van der Waals surface area contributed by atoms with E-state index in [-0.39, 0.29) is 0 Å². The molecular weight excluding hydrogens is 370 g/mol. The van der Waals surface area contributed by atoms with Gasteiger partial charge in [-0.15, -0.1) is 11.3 Å². The third-order valence-electron chi connectivity index (χ3n) is 2.34. The van der Waals surface area contributed by atoms with E-state index in [9.17, 15) is 4.79 Å². The van der Waals surface area contributed by atoms with Gasteiger partial charge in [0.15, 0.2) is 4.34 Å². The average molecular weight is 379 g/mol. The van der Waals surface area contributed by atoms with Gasteiger partial charge in [0.25, 0.3) is 0 Å². The zero-order valence-corrected chi connectivity index (χ0v) is 13.8. The molecule has 100 valence electrons. The van der Waals surface area contributed by atoms with E-state index in [1.165, 1.54) is 23.1 Å². The molecule has 0 atom stereocenters. The molecular formula is C12H9BrClNO2S2. The zero-order chi connectivity index (χ0) is 14.0. The molecule has 0 saturated heterocycles. The minimum atomic E-state index is -0.927. The Kier molecular flexibility index (Phi) is 4.89. The second-order valence-corrected chi connectivity index (χ2v) is 7.27. The van der Waals surface area contributed by atoms with Crippen LogP contribution in [0.25, 0.3) is 0 Å². The Morgan fingerprint density at radius 3 is 2.89 bits per heavy atom. The van der Waals surface area contributed by atoms with Crippen LogP contribution in [0.1, 0.15) is 20.9 Å². The Morgan fingerprint density at radius 1 is 1.58 bits per heavy atom. The highest BCUT2D eigenvalue weighted by atomic mass is 79.9. The summed E-state index contributed by atoms with van der Waals surface area (Å²) in [6, 6.07) is 5.71. The molecule has 0 aliphatic rings. The van der Waals surface area contributed by atoms with Gasteiger partial charge in [-0.2, -0.15) is 0 Å². The molecule has 0 spiro atoms. The smallest absolute Gasteiger partial charge is 0.347 e. The summed E-state index contributed by atoms with van der Waals surface area (Å²) in [5.41, 5.74) is 1.56. The van der Waals surface area contributed by atoms with E-state index in [1.807, 2.05) is 18.2 Å². The summed E-state index contributed by atoms with van der Waals surface area (Å²) in [5.74, 6) is -0.262. The van der Waals surface area contributed by atoms with Crippen LogP contribution in [0.3, 0.4) is 0 Å². The fourth-order valence-electron chi connectivity index (χ4n) is 1.41. The number of rotatable bonds is 4. The predicted molar refractivity (Wildman–Crippen MR) is 82.5 cm³/mol. The first-order valence-electron chi connectivity index (χ1n) is 5.25. The first-order chi connectivity index (χ1) is 8.97. The number of aromatic carboxylic acids is 1. The van der Waals surface area contributed by atoms with Crippen molar-refractivity contribution in [1.82, 2.24) is 4.98 Å². The SMILES string of the molecule is Cc1nc(SCc2ccc(Br)cc2Cl)sc1C(=O)O. The number of hydrogen-bond acceptors (Lipinski definition) is 4. The van der Waals surface area contributed by atoms with Crippen molar-refractivity contribution in [3.05, 3.63) is 43.8 Å². The Balaban J connectivity index is 2.10. The topological polar surface area (TPSA) is 50.2 Å². The van der Waals surface area contributed by atoms with E-state index in [2.05, 4.69) is 20.9 Å². The molecule has 0 unspecified atom stereocenters. The molecule has 2 rings (SSSR count). The molecule has 19 heavy (non-hydrogen) atoms. The molecule has 0 aliphatic carbocycles. The summed E-state index contributed by atoms with van der Waals surface area (Å²) in [4.78, 5) is 15.5. The van der Waals surface area contributed by atoms with Crippen LogP contribution in [0.15, 0.2) is 27.0 Å². The van der Waals surface area contributed by atoms with Crippen LogP contribution in [0.2, 0.25) is 5.02 Å². The lowest BCUT2D eigenvalue weighted by Gasteiger charge is -2.02. The number of thioether (sulfide) groups is 1. The van der Waals surface area contributed by atoms with Crippen molar-refractivity contribution in [2.75, 3.05) is 0 Å². The number of halogens is 2. The number of carboxylic acids is 1. The third-order valence-corrected chi connectivity index (χ3v) is 5.52. The minimum absolute atomic E-state index is 0.296. The number of benzene rings is 1. The summed E-state index contributed by atoms with van der Waals surface area (Å²) in [7, 11) is 0. The van der Waals surface area contributed by atoms with Gasteiger partial charge in [-0.3, -0.25) is 0 Å². The summed E-state index contributed by atoms with van der Waals surface area (Å²) >= 11 is 12.2. The van der Waals surface area contributed by atoms with Gasteiger partial charge in [-0.05, 0) is 24.6 Å². The monoisotopic (exact) mass is 377 g/mol. The lowest BCUT2D eigenvalue weighted by molar-refractivity contribution is 0.0701. The third kappa shape index (κ3) is 3.72. The Morgan fingerprint density at radius 2 is 2.32 bits per heavy atom. The van der Waals surface area contributed by atoms with Crippen molar-refractivity contribution in [1.29, 1.82) is 0 Å². The van der Waals surface area contributed by atoms with Gasteiger partial charge in [0.1, 0.15) is 4.88 Å². The van der Waals surface area contributed by atoms with Crippen molar-refractivity contribution in [3.63, 3.8) is 0 Å². The summed E-state index contributed by atoms with van der Waals surface area (Å²) in [6.45, 7) is 1.70. The van der Waals surface area contributed by atoms with Gasteiger partial charge >= 0.3 is 5.97 Å². The van der Waals surface area contributed by atoms with Crippen molar-refractivity contribution in [2.24, 2.45) is 0 Å². The summed E-state index contributed by atoms with van der Waals surface area (Å²) < 4.78 is 1.68. The van der Waals surface area contributed by atoms with E-state index < -0.39 is 5.97 Å². The molecule has 0 saturated carbocycles. The number of aryl methyl sites for hydroxylation is 1. The molecule has 2 aromatic rings. The number of carboxylic acid groups (broad SMARTS) is 1. The van der Waals surface area contributed by atoms with E-state index in [0.29, 0.717) is 21.3 Å². The minimum Gasteiger partial charge on any atom is -0.477 e. The van der Waals surface area contributed by atoms with Crippen LogP contribution in [0.4, 0.5) is 0 Å². The van der Waals surface area contributed by atoms with Crippen molar-refractivity contribution in [2.45, 2.75) is 17.0 Å². The fraction of sp³-hybridized carbons (Fsp3) is 0.167. The first kappa shape index (κ1) is 14.8. The van der Waals surface area contributed by atoms with Crippen LogP contribution < -0.4 is 0 Å². The van der Waals surface area contributed by atoms with Crippen LogP contribution in [0.5, 0.6) is 0 Å².